The van der Waals surface area contributed by atoms with E-state index in [1.807, 2.05) is 0 Å². The minimum absolute atomic E-state index is 0.335. The molecule has 0 radical (unpaired) electrons. The van der Waals surface area contributed by atoms with Crippen LogP contribution in [0.2, 0.25) is 5.02 Å². The highest BCUT2D eigenvalue weighted by Gasteiger charge is 2.06. The van der Waals surface area contributed by atoms with Gasteiger partial charge < -0.3 is 5.32 Å². The minimum Gasteiger partial charge on any atom is -0.317 e. The summed E-state index contributed by atoms with van der Waals surface area (Å²) < 4.78 is 13.2. The lowest BCUT2D eigenvalue weighted by molar-refractivity contribution is 0.335. The van der Waals surface area contributed by atoms with Crippen molar-refractivity contribution in [3.63, 3.8) is 0 Å². The van der Waals surface area contributed by atoms with Crippen LogP contribution in [0.3, 0.4) is 0 Å². The van der Waals surface area contributed by atoms with E-state index in [0.29, 0.717) is 17.1 Å². The number of rotatable bonds is 3. The molecule has 1 aromatic rings. The second-order valence-electron chi connectivity index (χ2n) is 2.58. The summed E-state index contributed by atoms with van der Waals surface area (Å²) in [4.78, 5) is 0. The Morgan fingerprint density at radius 3 is 2.50 bits per heavy atom. The predicted molar refractivity (Wildman–Crippen MR) is 49.2 cm³/mol. The van der Waals surface area contributed by atoms with Gasteiger partial charge in [-0.25, -0.2) is 4.39 Å². The van der Waals surface area contributed by atoms with E-state index in [-0.39, 0.29) is 0 Å². The number of nitrogens with one attached hydrogen (secondary N) is 1. The number of benzene rings is 1. The number of halogens is 2. The molecule has 1 atom stereocenters. The van der Waals surface area contributed by atoms with Gasteiger partial charge in [-0.2, -0.15) is 0 Å². The SMILES string of the molecule is CNCC(F)c1ccc(Cl)cc1. The fourth-order valence-electron chi connectivity index (χ4n) is 0.969. The van der Waals surface area contributed by atoms with E-state index in [9.17, 15) is 4.39 Å². The lowest BCUT2D eigenvalue weighted by Gasteiger charge is -2.06. The molecule has 66 valence electrons. The van der Waals surface area contributed by atoms with E-state index in [2.05, 4.69) is 5.32 Å². The summed E-state index contributed by atoms with van der Waals surface area (Å²) in [7, 11) is 1.72. The Kier molecular flexibility index (Phi) is 3.50. The first kappa shape index (κ1) is 9.49. The average molecular weight is 188 g/mol. The van der Waals surface area contributed by atoms with Crippen LogP contribution in [0.1, 0.15) is 11.7 Å². The van der Waals surface area contributed by atoms with Gasteiger partial charge in [-0.1, -0.05) is 23.7 Å². The fourth-order valence-corrected chi connectivity index (χ4v) is 1.09. The molecule has 12 heavy (non-hydrogen) atoms. The Hall–Kier alpha value is -0.600. The van der Waals surface area contributed by atoms with Crippen molar-refractivity contribution in [1.82, 2.24) is 5.32 Å². The van der Waals surface area contributed by atoms with Crippen molar-refractivity contribution in [2.24, 2.45) is 0 Å². The molecule has 3 heteroatoms. The van der Waals surface area contributed by atoms with E-state index in [1.165, 1.54) is 0 Å². The smallest absolute Gasteiger partial charge is 0.137 e. The van der Waals surface area contributed by atoms with Gasteiger partial charge in [-0.15, -0.1) is 0 Å². The topological polar surface area (TPSA) is 12.0 Å². The Balaban J connectivity index is 2.68. The zero-order chi connectivity index (χ0) is 8.97. The highest BCUT2D eigenvalue weighted by Crippen LogP contribution is 2.18. The highest BCUT2D eigenvalue weighted by atomic mass is 35.5. The molecule has 0 amide bonds. The maximum Gasteiger partial charge on any atom is 0.137 e. The van der Waals surface area contributed by atoms with Crippen molar-refractivity contribution in [3.05, 3.63) is 34.9 Å². The second kappa shape index (κ2) is 4.43. The maximum absolute atomic E-state index is 13.2. The van der Waals surface area contributed by atoms with E-state index in [0.717, 1.165) is 0 Å². The van der Waals surface area contributed by atoms with Crippen LogP contribution in [0.25, 0.3) is 0 Å². The monoisotopic (exact) mass is 187 g/mol. The number of likely N-dealkylation sites (N-methyl/N-ethyl adjacent to an activating group) is 1. The molecule has 0 aliphatic heterocycles. The van der Waals surface area contributed by atoms with Gasteiger partial charge in [0.15, 0.2) is 0 Å². The van der Waals surface area contributed by atoms with E-state index < -0.39 is 6.17 Å². The van der Waals surface area contributed by atoms with Gasteiger partial charge in [-0.05, 0) is 24.7 Å². The third-order valence-electron chi connectivity index (χ3n) is 1.62. The summed E-state index contributed by atoms with van der Waals surface area (Å²) in [5, 5.41) is 3.41. The predicted octanol–water partition coefficient (Wildman–Crippen LogP) is 2.57. The molecule has 0 aliphatic carbocycles. The lowest BCUT2D eigenvalue weighted by atomic mass is 10.1. The summed E-state index contributed by atoms with van der Waals surface area (Å²) in [5.74, 6) is 0. The van der Waals surface area contributed by atoms with Crippen molar-refractivity contribution in [1.29, 1.82) is 0 Å². The van der Waals surface area contributed by atoms with Gasteiger partial charge in [0.1, 0.15) is 6.17 Å². The Labute approximate surface area is 76.5 Å². The molecule has 0 spiro atoms. The van der Waals surface area contributed by atoms with Gasteiger partial charge >= 0.3 is 0 Å². The molecule has 0 fully saturated rings. The molecular formula is C9H11ClFN. The largest absolute Gasteiger partial charge is 0.317 e. The lowest BCUT2D eigenvalue weighted by Crippen LogP contribution is -2.13. The third-order valence-corrected chi connectivity index (χ3v) is 1.87. The van der Waals surface area contributed by atoms with Crippen LogP contribution in [-0.2, 0) is 0 Å². The number of hydrogen-bond donors (Lipinski definition) is 1. The van der Waals surface area contributed by atoms with Crippen molar-refractivity contribution in [3.8, 4) is 0 Å². The molecule has 0 aromatic heterocycles. The highest BCUT2D eigenvalue weighted by molar-refractivity contribution is 6.30. The minimum atomic E-state index is -0.952. The molecule has 0 aliphatic rings. The Morgan fingerprint density at radius 2 is 2.00 bits per heavy atom. The molecule has 0 heterocycles. The molecule has 0 saturated heterocycles. The maximum atomic E-state index is 13.2. The van der Waals surface area contributed by atoms with Crippen LogP contribution in [-0.4, -0.2) is 13.6 Å². The van der Waals surface area contributed by atoms with Gasteiger partial charge in [-0.3, -0.25) is 0 Å². The first-order valence-corrected chi connectivity index (χ1v) is 4.16. The summed E-state index contributed by atoms with van der Waals surface area (Å²) in [6.45, 7) is 0.335. The van der Waals surface area contributed by atoms with Crippen LogP contribution in [0, 0.1) is 0 Å². The summed E-state index contributed by atoms with van der Waals surface area (Å²) >= 11 is 5.66. The van der Waals surface area contributed by atoms with Crippen LogP contribution in [0.15, 0.2) is 24.3 Å². The Morgan fingerprint density at radius 1 is 1.42 bits per heavy atom. The first-order chi connectivity index (χ1) is 5.74. The molecule has 1 N–H and O–H groups in total. The van der Waals surface area contributed by atoms with E-state index >= 15 is 0 Å². The van der Waals surface area contributed by atoms with Crippen molar-refractivity contribution in [2.45, 2.75) is 6.17 Å². The zero-order valence-electron chi connectivity index (χ0n) is 6.85. The third kappa shape index (κ3) is 2.47. The summed E-state index contributed by atoms with van der Waals surface area (Å²) in [5.41, 5.74) is 0.661. The van der Waals surface area contributed by atoms with Gasteiger partial charge in [0.25, 0.3) is 0 Å². The van der Waals surface area contributed by atoms with Crippen LogP contribution in [0.4, 0.5) is 4.39 Å². The molecule has 1 rings (SSSR count). The van der Waals surface area contributed by atoms with Crippen LogP contribution >= 0.6 is 11.6 Å². The average Bonchev–Trinajstić information content (AvgIpc) is 2.06. The molecule has 0 saturated carbocycles. The number of hydrogen-bond acceptors (Lipinski definition) is 1. The van der Waals surface area contributed by atoms with Gasteiger partial charge in [0.2, 0.25) is 0 Å². The summed E-state index contributed by atoms with van der Waals surface area (Å²) in [6.07, 6.45) is -0.952. The fraction of sp³-hybridized carbons (Fsp3) is 0.333. The first-order valence-electron chi connectivity index (χ1n) is 3.78. The number of alkyl halides is 1. The van der Waals surface area contributed by atoms with Crippen molar-refractivity contribution in [2.75, 3.05) is 13.6 Å². The second-order valence-corrected chi connectivity index (χ2v) is 3.01. The zero-order valence-corrected chi connectivity index (χ0v) is 7.61. The molecule has 0 bridgehead atoms. The van der Waals surface area contributed by atoms with Gasteiger partial charge in [0.05, 0.1) is 0 Å². The van der Waals surface area contributed by atoms with Crippen LogP contribution < -0.4 is 5.32 Å². The van der Waals surface area contributed by atoms with Crippen molar-refractivity contribution >= 4 is 11.6 Å². The van der Waals surface area contributed by atoms with E-state index in [4.69, 9.17) is 11.6 Å². The molecular weight excluding hydrogens is 177 g/mol. The Bertz CT molecular complexity index is 235. The van der Waals surface area contributed by atoms with Crippen LogP contribution in [0.5, 0.6) is 0 Å². The normalized spacial score (nSPS) is 12.9. The molecule has 1 unspecified atom stereocenters. The molecule has 1 nitrogen and oxygen atoms in total. The van der Waals surface area contributed by atoms with E-state index in [1.54, 1.807) is 31.3 Å². The molecule has 1 aromatic carbocycles. The van der Waals surface area contributed by atoms with Crippen molar-refractivity contribution < 1.29 is 4.39 Å². The summed E-state index contributed by atoms with van der Waals surface area (Å²) in [6, 6.07) is 6.78. The standard InChI is InChI=1S/C9H11ClFN/c1-12-6-9(11)7-2-4-8(10)5-3-7/h2-5,9,12H,6H2,1H3. The van der Waals surface area contributed by atoms with Gasteiger partial charge in [0, 0.05) is 11.6 Å². The quantitative estimate of drug-likeness (QED) is 0.767.